The monoisotopic (exact) mass is 631 g/mol. The Hall–Kier alpha value is -3.64. The maximum Gasteiger partial charge on any atom is 0.413 e. The van der Waals surface area contributed by atoms with Gasteiger partial charge in [0.25, 0.3) is 5.91 Å². The summed E-state index contributed by atoms with van der Waals surface area (Å²) in [7, 11) is 0. The Kier molecular flexibility index (Phi) is 8.21. The third kappa shape index (κ3) is 6.80. The molecule has 3 aromatic rings. The van der Waals surface area contributed by atoms with Crippen LogP contribution in [0.2, 0.25) is 5.02 Å². The minimum atomic E-state index is -0.707. The Morgan fingerprint density at radius 2 is 1.79 bits per heavy atom. The summed E-state index contributed by atoms with van der Waals surface area (Å²) in [6.07, 6.45) is -0.463. The quantitative estimate of drug-likeness (QED) is 0.314. The fourth-order valence-electron chi connectivity index (χ4n) is 5.13. The van der Waals surface area contributed by atoms with Crippen LogP contribution in [0.15, 0.2) is 24.3 Å². The summed E-state index contributed by atoms with van der Waals surface area (Å²) in [5.74, 6) is -0.674. The van der Waals surface area contributed by atoms with Gasteiger partial charge in [-0.05, 0) is 72.2 Å². The number of amides is 3. The number of aromatic nitrogens is 1. The van der Waals surface area contributed by atoms with Gasteiger partial charge in [-0.1, -0.05) is 22.9 Å². The molecule has 43 heavy (non-hydrogen) atoms. The molecule has 0 aliphatic carbocycles. The number of halogens is 2. The highest BCUT2D eigenvalue weighted by atomic mass is 35.5. The van der Waals surface area contributed by atoms with Gasteiger partial charge in [0.2, 0.25) is 0 Å². The van der Waals surface area contributed by atoms with Crippen LogP contribution in [0, 0.1) is 5.82 Å². The average Bonchev–Trinajstić information content (AvgIpc) is 3.31. The van der Waals surface area contributed by atoms with Gasteiger partial charge in [0.15, 0.2) is 5.13 Å². The molecule has 2 aliphatic heterocycles. The molecule has 1 unspecified atom stereocenters. The number of rotatable bonds is 2. The number of carbonyl (C=O) groups excluding carboxylic acids is 3. The second kappa shape index (κ2) is 11.5. The zero-order chi connectivity index (χ0) is 31.3. The van der Waals surface area contributed by atoms with E-state index < -0.39 is 23.1 Å². The van der Waals surface area contributed by atoms with E-state index in [-0.39, 0.29) is 27.9 Å². The van der Waals surface area contributed by atoms with Crippen LogP contribution in [-0.2, 0) is 9.47 Å². The van der Waals surface area contributed by atoms with E-state index in [0.717, 1.165) is 11.3 Å². The lowest BCUT2D eigenvalue weighted by molar-refractivity contribution is 0.00368. The van der Waals surface area contributed by atoms with Gasteiger partial charge in [-0.15, -0.1) is 0 Å². The van der Waals surface area contributed by atoms with Crippen LogP contribution in [0.5, 0.6) is 0 Å². The van der Waals surface area contributed by atoms with Gasteiger partial charge in [0, 0.05) is 48.0 Å². The van der Waals surface area contributed by atoms with Gasteiger partial charge in [0.05, 0.1) is 21.8 Å². The number of benzene rings is 2. The van der Waals surface area contributed by atoms with Gasteiger partial charge in [-0.3, -0.25) is 10.1 Å². The molecule has 2 aliphatic rings. The average molecular weight is 632 g/mol. The van der Waals surface area contributed by atoms with Crippen molar-refractivity contribution in [3.8, 4) is 11.1 Å². The molecule has 2 aromatic carbocycles. The number of anilines is 2. The van der Waals surface area contributed by atoms with Crippen molar-refractivity contribution < 1.29 is 28.2 Å². The Morgan fingerprint density at radius 3 is 2.49 bits per heavy atom. The number of piperazine rings is 1. The molecular weight excluding hydrogens is 597 g/mol. The van der Waals surface area contributed by atoms with Crippen molar-refractivity contribution >= 4 is 62.1 Å². The molecule has 13 heteroatoms. The minimum Gasteiger partial charge on any atom is -0.444 e. The SMILES string of the molecule is CC(C)(C)OC(=O)Nc1nc2c(-c3cc4c(cc3Cl)C(=O)N3CCN(C(=O)OC(C)(C)C)CC3CCN4)ccc(F)c2s1. The van der Waals surface area contributed by atoms with Gasteiger partial charge < -0.3 is 24.6 Å². The largest absolute Gasteiger partial charge is 0.444 e. The molecule has 3 amide bonds. The van der Waals surface area contributed by atoms with Crippen molar-refractivity contribution in [2.45, 2.75) is 65.2 Å². The van der Waals surface area contributed by atoms with Crippen LogP contribution in [0.4, 0.5) is 24.8 Å². The van der Waals surface area contributed by atoms with E-state index in [9.17, 15) is 18.8 Å². The molecule has 2 N–H and O–H groups in total. The summed E-state index contributed by atoms with van der Waals surface area (Å²) in [5.41, 5.74) is 1.13. The molecule has 0 radical (unpaired) electrons. The number of ether oxygens (including phenoxy) is 2. The lowest BCUT2D eigenvalue weighted by atomic mass is 9.98. The van der Waals surface area contributed by atoms with E-state index in [2.05, 4.69) is 15.6 Å². The molecule has 1 fully saturated rings. The van der Waals surface area contributed by atoms with E-state index in [4.69, 9.17) is 21.1 Å². The highest BCUT2D eigenvalue weighted by Gasteiger charge is 2.36. The van der Waals surface area contributed by atoms with Crippen LogP contribution in [0.1, 0.15) is 58.3 Å². The molecule has 1 aromatic heterocycles. The van der Waals surface area contributed by atoms with Crippen molar-refractivity contribution in [3.63, 3.8) is 0 Å². The Labute approximate surface area is 258 Å². The summed E-state index contributed by atoms with van der Waals surface area (Å²) >= 11 is 7.78. The molecule has 230 valence electrons. The second-order valence-electron chi connectivity index (χ2n) is 12.6. The molecular formula is C30H35ClFN5O5S. The van der Waals surface area contributed by atoms with E-state index in [1.807, 2.05) is 20.8 Å². The van der Waals surface area contributed by atoms with Crippen molar-refractivity contribution in [1.82, 2.24) is 14.8 Å². The predicted octanol–water partition coefficient (Wildman–Crippen LogP) is 6.98. The van der Waals surface area contributed by atoms with Gasteiger partial charge >= 0.3 is 12.2 Å². The first-order valence-electron chi connectivity index (χ1n) is 14.1. The van der Waals surface area contributed by atoms with E-state index >= 15 is 0 Å². The third-order valence-electron chi connectivity index (χ3n) is 6.92. The first-order valence-corrected chi connectivity index (χ1v) is 15.2. The molecule has 3 heterocycles. The highest BCUT2D eigenvalue weighted by Crippen LogP contribution is 2.41. The Morgan fingerprint density at radius 1 is 1.07 bits per heavy atom. The molecule has 1 saturated heterocycles. The number of nitrogens with zero attached hydrogens (tertiary/aromatic N) is 3. The summed E-state index contributed by atoms with van der Waals surface area (Å²) < 4.78 is 25.9. The molecule has 0 bridgehead atoms. The van der Waals surface area contributed by atoms with Crippen molar-refractivity contribution in [3.05, 3.63) is 40.7 Å². The minimum absolute atomic E-state index is 0.183. The number of fused-ring (bicyclic) bond motifs is 3. The second-order valence-corrected chi connectivity index (χ2v) is 14.0. The van der Waals surface area contributed by atoms with Crippen molar-refractivity contribution in [2.24, 2.45) is 0 Å². The van der Waals surface area contributed by atoms with E-state index in [0.29, 0.717) is 65.5 Å². The fourth-order valence-corrected chi connectivity index (χ4v) is 6.28. The summed E-state index contributed by atoms with van der Waals surface area (Å²) in [4.78, 5) is 46.7. The molecule has 1 atom stereocenters. The summed E-state index contributed by atoms with van der Waals surface area (Å²) in [6.45, 7) is 12.4. The molecule has 0 spiro atoms. The third-order valence-corrected chi connectivity index (χ3v) is 8.21. The number of hydrogen-bond donors (Lipinski definition) is 2. The molecule has 0 saturated carbocycles. The maximum absolute atomic E-state index is 14.8. The summed E-state index contributed by atoms with van der Waals surface area (Å²) in [6, 6.07) is 6.12. The first-order chi connectivity index (χ1) is 20.1. The number of carbonyl (C=O) groups is 3. The molecule has 10 nitrogen and oxygen atoms in total. The van der Waals surface area contributed by atoms with Gasteiger partial charge in [-0.25, -0.2) is 19.0 Å². The summed E-state index contributed by atoms with van der Waals surface area (Å²) in [5, 5.41) is 6.41. The van der Waals surface area contributed by atoms with Crippen LogP contribution in [0.3, 0.4) is 0 Å². The smallest absolute Gasteiger partial charge is 0.413 e. The number of hydrogen-bond acceptors (Lipinski definition) is 8. The van der Waals surface area contributed by atoms with Gasteiger partial charge in [-0.2, -0.15) is 0 Å². The predicted molar refractivity (Wildman–Crippen MR) is 166 cm³/mol. The maximum atomic E-state index is 14.8. The standard InChI is InChI=1S/C30H35ClFN5O5S/c1-29(2,3)41-27(39)35-26-34-23-17(7-8-21(32)24(23)43-26)18-14-22-19(13-20(18)31)25(38)37-12-11-36(15-16(37)9-10-33-22)28(40)42-30(4,5)6/h7-8,13-14,16,33H,9-12,15H2,1-6H3,(H,34,35,39). The fraction of sp³-hybridized carbons (Fsp3) is 0.467. The molecule has 5 rings (SSSR count). The van der Waals surface area contributed by atoms with Gasteiger partial charge in [0.1, 0.15) is 17.0 Å². The number of nitrogens with one attached hydrogen (secondary N) is 2. The Bertz CT molecular complexity index is 1600. The topological polar surface area (TPSA) is 113 Å². The lowest BCUT2D eigenvalue weighted by Gasteiger charge is -2.43. The normalized spacial score (nSPS) is 17.4. The van der Waals surface area contributed by atoms with Crippen LogP contribution in [0.25, 0.3) is 21.3 Å². The Balaban J connectivity index is 1.43. The van der Waals surface area contributed by atoms with Crippen LogP contribution >= 0.6 is 22.9 Å². The van der Waals surface area contributed by atoms with Crippen LogP contribution in [-0.4, -0.2) is 76.3 Å². The zero-order valence-electron chi connectivity index (χ0n) is 25.0. The lowest BCUT2D eigenvalue weighted by Crippen LogP contribution is -2.58. The first kappa shape index (κ1) is 30.8. The highest BCUT2D eigenvalue weighted by molar-refractivity contribution is 7.22. The number of thiazole rings is 1. The zero-order valence-corrected chi connectivity index (χ0v) is 26.5. The van der Waals surface area contributed by atoms with Crippen molar-refractivity contribution in [2.75, 3.05) is 36.8 Å². The van der Waals surface area contributed by atoms with Crippen LogP contribution < -0.4 is 10.6 Å². The van der Waals surface area contributed by atoms with E-state index in [1.54, 1.807) is 48.8 Å². The van der Waals surface area contributed by atoms with Crippen molar-refractivity contribution in [1.29, 1.82) is 0 Å². The van der Waals surface area contributed by atoms with E-state index in [1.165, 1.54) is 6.07 Å².